The van der Waals surface area contributed by atoms with Crippen LogP contribution < -0.4 is 20.1 Å². The van der Waals surface area contributed by atoms with Crippen molar-refractivity contribution in [3.8, 4) is 11.5 Å². The van der Waals surface area contributed by atoms with E-state index in [1.54, 1.807) is 44.8 Å². The minimum absolute atomic E-state index is 0.330. The van der Waals surface area contributed by atoms with E-state index in [0.29, 0.717) is 29.6 Å². The molecule has 7 nitrogen and oxygen atoms in total. The highest BCUT2D eigenvalue weighted by Gasteiger charge is 2.13. The molecule has 1 heterocycles. The Hall–Kier alpha value is -3.87. The summed E-state index contributed by atoms with van der Waals surface area (Å²) in [5, 5.41) is 6.14. The van der Waals surface area contributed by atoms with Gasteiger partial charge in [-0.05, 0) is 41.8 Å². The van der Waals surface area contributed by atoms with Gasteiger partial charge in [-0.15, -0.1) is 0 Å². The quantitative estimate of drug-likeness (QED) is 0.446. The largest absolute Gasteiger partial charge is 0.497 e. The second-order valence-corrected chi connectivity index (χ2v) is 6.72. The molecule has 1 amide bonds. The molecule has 0 radical (unpaired) electrons. The first-order valence-corrected chi connectivity index (χ1v) is 9.95. The number of hydrogen-bond donors (Lipinski definition) is 2. The standard InChI is InChI=1S/C24H26N4O3/c1-4-18-9-5-6-10-22(18)27-24(26-16-17-8-7-11-25-15-17)28-23(29)19-12-20(30-2)14-21(13-19)31-3/h5-15H,4,16H2,1-3H3,(H2,26,27,28,29). The van der Waals surface area contributed by atoms with Crippen molar-refractivity contribution in [3.05, 3.63) is 83.7 Å². The monoisotopic (exact) mass is 418 g/mol. The van der Waals surface area contributed by atoms with E-state index in [1.807, 2.05) is 36.4 Å². The van der Waals surface area contributed by atoms with Gasteiger partial charge >= 0.3 is 0 Å². The van der Waals surface area contributed by atoms with Crippen LogP contribution in [-0.4, -0.2) is 31.1 Å². The number of benzene rings is 2. The number of rotatable bonds is 7. The van der Waals surface area contributed by atoms with Gasteiger partial charge in [-0.1, -0.05) is 31.2 Å². The minimum atomic E-state index is -0.330. The Bertz CT molecular complexity index is 1030. The lowest BCUT2D eigenvalue weighted by Crippen LogP contribution is -2.36. The number of pyridine rings is 1. The van der Waals surface area contributed by atoms with Gasteiger partial charge in [-0.25, -0.2) is 4.99 Å². The number of nitrogens with one attached hydrogen (secondary N) is 2. The molecule has 0 fully saturated rings. The first-order chi connectivity index (χ1) is 15.1. The molecule has 2 aromatic carbocycles. The van der Waals surface area contributed by atoms with Crippen LogP contribution in [-0.2, 0) is 13.0 Å². The molecule has 0 aliphatic heterocycles. The molecule has 0 spiro atoms. The van der Waals surface area contributed by atoms with Crippen molar-refractivity contribution in [2.45, 2.75) is 19.9 Å². The molecule has 160 valence electrons. The summed E-state index contributed by atoms with van der Waals surface area (Å²) in [7, 11) is 3.08. The Morgan fingerprint density at radius 3 is 2.42 bits per heavy atom. The highest BCUT2D eigenvalue weighted by atomic mass is 16.5. The van der Waals surface area contributed by atoms with Gasteiger partial charge in [0.25, 0.3) is 5.91 Å². The Morgan fingerprint density at radius 1 is 1.03 bits per heavy atom. The Kier molecular flexibility index (Phi) is 7.59. The number of anilines is 1. The molecule has 0 aliphatic carbocycles. The summed E-state index contributed by atoms with van der Waals surface area (Å²) in [6.07, 6.45) is 4.30. The molecular weight excluding hydrogens is 392 g/mol. The van der Waals surface area contributed by atoms with E-state index in [0.717, 1.165) is 23.2 Å². The smallest absolute Gasteiger partial charge is 0.258 e. The number of carbonyl (C=O) groups excluding carboxylic acids is 1. The molecule has 7 heteroatoms. The number of aryl methyl sites for hydroxylation is 1. The Balaban J connectivity index is 1.87. The fourth-order valence-electron chi connectivity index (χ4n) is 2.97. The molecule has 3 rings (SSSR count). The van der Waals surface area contributed by atoms with Gasteiger partial charge in [0.15, 0.2) is 0 Å². The highest BCUT2D eigenvalue weighted by molar-refractivity contribution is 6.10. The molecule has 0 saturated heterocycles. The average Bonchev–Trinajstić information content (AvgIpc) is 2.83. The summed E-state index contributed by atoms with van der Waals surface area (Å²) in [6, 6.07) is 16.7. The Morgan fingerprint density at radius 2 is 1.77 bits per heavy atom. The molecule has 0 bridgehead atoms. The van der Waals surface area contributed by atoms with Crippen molar-refractivity contribution in [2.75, 3.05) is 19.5 Å². The van der Waals surface area contributed by atoms with Gasteiger partial charge < -0.3 is 14.8 Å². The lowest BCUT2D eigenvalue weighted by Gasteiger charge is -2.15. The second-order valence-electron chi connectivity index (χ2n) is 6.72. The zero-order valence-electron chi connectivity index (χ0n) is 17.9. The summed E-state index contributed by atoms with van der Waals surface area (Å²) in [5.41, 5.74) is 3.34. The van der Waals surface area contributed by atoms with Crippen LogP contribution in [0.2, 0.25) is 0 Å². The van der Waals surface area contributed by atoms with Crippen LogP contribution in [0.15, 0.2) is 72.0 Å². The fourth-order valence-corrected chi connectivity index (χ4v) is 2.97. The topological polar surface area (TPSA) is 84.8 Å². The minimum Gasteiger partial charge on any atom is -0.497 e. The van der Waals surface area contributed by atoms with Crippen LogP contribution in [0.4, 0.5) is 5.69 Å². The maximum absolute atomic E-state index is 13.0. The number of methoxy groups -OCH3 is 2. The highest BCUT2D eigenvalue weighted by Crippen LogP contribution is 2.22. The lowest BCUT2D eigenvalue weighted by molar-refractivity contribution is 0.0976. The van der Waals surface area contributed by atoms with Crippen molar-refractivity contribution in [1.29, 1.82) is 0 Å². The number of amides is 1. The maximum Gasteiger partial charge on any atom is 0.258 e. The van der Waals surface area contributed by atoms with E-state index in [4.69, 9.17) is 9.47 Å². The van der Waals surface area contributed by atoms with Crippen LogP contribution in [0, 0.1) is 0 Å². The molecule has 0 saturated carbocycles. The first-order valence-electron chi connectivity index (χ1n) is 9.95. The predicted molar refractivity (Wildman–Crippen MR) is 122 cm³/mol. The predicted octanol–water partition coefficient (Wildman–Crippen LogP) is 4.06. The number of ether oxygens (including phenoxy) is 2. The van der Waals surface area contributed by atoms with E-state index in [2.05, 4.69) is 27.5 Å². The number of carbonyl (C=O) groups is 1. The molecule has 0 atom stereocenters. The summed E-state index contributed by atoms with van der Waals surface area (Å²) in [5.74, 6) is 1.07. The van der Waals surface area contributed by atoms with E-state index in [-0.39, 0.29) is 5.91 Å². The number of aromatic nitrogens is 1. The van der Waals surface area contributed by atoms with E-state index in [1.165, 1.54) is 0 Å². The normalized spacial score (nSPS) is 11.0. The van der Waals surface area contributed by atoms with Crippen molar-refractivity contribution < 1.29 is 14.3 Å². The van der Waals surface area contributed by atoms with Gasteiger partial charge in [0.05, 0.1) is 20.8 Å². The van der Waals surface area contributed by atoms with E-state index in [9.17, 15) is 4.79 Å². The van der Waals surface area contributed by atoms with Gasteiger partial charge in [-0.2, -0.15) is 0 Å². The van der Waals surface area contributed by atoms with Crippen LogP contribution in [0.1, 0.15) is 28.4 Å². The molecular formula is C24H26N4O3. The molecule has 3 aromatic rings. The third-order valence-corrected chi connectivity index (χ3v) is 4.64. The van der Waals surface area contributed by atoms with Gasteiger partial charge in [0, 0.05) is 29.7 Å². The fraction of sp³-hybridized carbons (Fsp3) is 0.208. The van der Waals surface area contributed by atoms with Gasteiger partial charge in [0.2, 0.25) is 5.96 Å². The number of aliphatic imine (C=N–C) groups is 1. The molecule has 2 N–H and O–H groups in total. The summed E-state index contributed by atoms with van der Waals surface area (Å²) in [6.45, 7) is 2.44. The molecule has 1 aromatic heterocycles. The van der Waals surface area contributed by atoms with Crippen LogP contribution in [0.5, 0.6) is 11.5 Å². The maximum atomic E-state index is 13.0. The first kappa shape index (κ1) is 21.8. The zero-order chi connectivity index (χ0) is 22.1. The van der Waals surface area contributed by atoms with Crippen molar-refractivity contribution in [2.24, 2.45) is 4.99 Å². The van der Waals surface area contributed by atoms with Crippen LogP contribution in [0.25, 0.3) is 0 Å². The summed E-state index contributed by atoms with van der Waals surface area (Å²) in [4.78, 5) is 21.7. The van der Waals surface area contributed by atoms with Crippen LogP contribution >= 0.6 is 0 Å². The second kappa shape index (κ2) is 10.8. The molecule has 0 aliphatic rings. The van der Waals surface area contributed by atoms with Crippen LogP contribution in [0.3, 0.4) is 0 Å². The zero-order valence-corrected chi connectivity index (χ0v) is 17.9. The summed E-state index contributed by atoms with van der Waals surface area (Å²) >= 11 is 0. The van der Waals surface area contributed by atoms with Gasteiger partial charge in [0.1, 0.15) is 11.5 Å². The molecule has 0 unspecified atom stereocenters. The van der Waals surface area contributed by atoms with E-state index >= 15 is 0 Å². The van der Waals surface area contributed by atoms with Crippen molar-refractivity contribution >= 4 is 17.6 Å². The number of para-hydroxylation sites is 1. The van der Waals surface area contributed by atoms with Crippen molar-refractivity contribution in [3.63, 3.8) is 0 Å². The SMILES string of the molecule is CCc1ccccc1NC(=NCc1cccnc1)NC(=O)c1cc(OC)cc(OC)c1. The number of hydrogen-bond acceptors (Lipinski definition) is 5. The van der Waals surface area contributed by atoms with E-state index < -0.39 is 0 Å². The third-order valence-electron chi connectivity index (χ3n) is 4.64. The number of nitrogens with zero attached hydrogens (tertiary/aromatic N) is 2. The Labute approximate surface area is 182 Å². The third kappa shape index (κ3) is 6.05. The molecule has 31 heavy (non-hydrogen) atoms. The average molecular weight is 418 g/mol. The number of guanidine groups is 1. The van der Waals surface area contributed by atoms with Gasteiger partial charge in [-0.3, -0.25) is 15.1 Å². The lowest BCUT2D eigenvalue weighted by atomic mass is 10.1. The van der Waals surface area contributed by atoms with Crippen molar-refractivity contribution in [1.82, 2.24) is 10.3 Å². The summed E-state index contributed by atoms with van der Waals surface area (Å²) < 4.78 is 10.5.